The van der Waals surface area contributed by atoms with Gasteiger partial charge in [-0.2, -0.15) is 4.68 Å². The average Bonchev–Trinajstić information content (AvgIpc) is 3.17. The second-order valence-electron chi connectivity index (χ2n) is 7.31. The summed E-state index contributed by atoms with van der Waals surface area (Å²) in [6.45, 7) is 5.71. The highest BCUT2D eigenvalue weighted by Crippen LogP contribution is 2.15. The number of benzene rings is 2. The van der Waals surface area contributed by atoms with Crippen molar-refractivity contribution in [2.24, 2.45) is 0 Å². The quantitative estimate of drug-likeness (QED) is 0.646. The summed E-state index contributed by atoms with van der Waals surface area (Å²) < 4.78 is 1.73. The summed E-state index contributed by atoms with van der Waals surface area (Å²) in [6.07, 6.45) is 0.455. The lowest BCUT2D eigenvalue weighted by Crippen LogP contribution is -2.49. The van der Waals surface area contributed by atoms with Gasteiger partial charge in [0, 0.05) is 31.2 Å². The fourth-order valence-corrected chi connectivity index (χ4v) is 3.68. The Hall–Kier alpha value is -2.77. The fourth-order valence-electron chi connectivity index (χ4n) is 3.55. The van der Waals surface area contributed by atoms with Crippen molar-refractivity contribution in [3.05, 3.63) is 70.5 Å². The van der Waals surface area contributed by atoms with E-state index in [0.717, 1.165) is 30.2 Å². The highest BCUT2D eigenvalue weighted by molar-refractivity contribution is 6.30. The molecular formula is C21H23ClN6O. The number of rotatable bonds is 5. The number of nitrogens with zero attached hydrogens (tertiary/aromatic N) is 6. The van der Waals surface area contributed by atoms with Crippen molar-refractivity contribution < 1.29 is 4.79 Å². The molecule has 0 saturated carbocycles. The first-order chi connectivity index (χ1) is 14.1. The molecule has 0 radical (unpaired) electrons. The van der Waals surface area contributed by atoms with Gasteiger partial charge in [-0.25, -0.2) is 0 Å². The molecule has 1 aromatic heterocycles. The Kier molecular flexibility index (Phi) is 5.87. The van der Waals surface area contributed by atoms with E-state index in [4.69, 9.17) is 11.6 Å². The van der Waals surface area contributed by atoms with E-state index in [1.807, 2.05) is 54.3 Å². The molecule has 1 aliphatic heterocycles. The van der Waals surface area contributed by atoms with Gasteiger partial charge in [0.15, 0.2) is 5.82 Å². The Morgan fingerprint density at radius 2 is 1.83 bits per heavy atom. The number of halogens is 1. The van der Waals surface area contributed by atoms with Crippen LogP contribution < -0.4 is 0 Å². The average molecular weight is 411 g/mol. The Morgan fingerprint density at radius 3 is 2.55 bits per heavy atom. The minimum absolute atomic E-state index is 0.182. The molecule has 1 fully saturated rings. The number of amides is 1. The van der Waals surface area contributed by atoms with Gasteiger partial charge in [-0.3, -0.25) is 9.69 Å². The normalized spacial score (nSPS) is 14.9. The number of carbonyl (C=O) groups is 1. The Balaban J connectivity index is 1.33. The number of tetrazole rings is 1. The smallest absolute Gasteiger partial charge is 0.227 e. The SMILES string of the molecule is Cc1cccc(CC(=O)N2CCN(Cc3nnnn3-c3ccc(Cl)cc3)CC2)c1. The molecular weight excluding hydrogens is 388 g/mol. The molecule has 0 bridgehead atoms. The number of carbonyl (C=O) groups excluding carboxylic acids is 1. The van der Waals surface area contributed by atoms with Crippen molar-refractivity contribution in [1.29, 1.82) is 0 Å². The summed E-state index contributed by atoms with van der Waals surface area (Å²) in [5, 5.41) is 12.8. The van der Waals surface area contributed by atoms with Crippen LogP contribution >= 0.6 is 11.6 Å². The summed E-state index contributed by atoms with van der Waals surface area (Å²) in [7, 11) is 0. The lowest BCUT2D eigenvalue weighted by molar-refractivity contribution is -0.132. The summed E-state index contributed by atoms with van der Waals surface area (Å²) in [6, 6.07) is 15.6. The maximum absolute atomic E-state index is 12.6. The molecule has 2 aromatic carbocycles. The number of hydrogen-bond donors (Lipinski definition) is 0. The molecule has 4 rings (SSSR count). The number of aryl methyl sites for hydroxylation is 1. The molecule has 1 aliphatic rings. The first-order valence-corrected chi connectivity index (χ1v) is 10.1. The highest BCUT2D eigenvalue weighted by Gasteiger charge is 2.23. The molecule has 0 N–H and O–H groups in total. The van der Waals surface area contributed by atoms with E-state index in [1.165, 1.54) is 5.56 Å². The predicted octanol–water partition coefficient (Wildman–Crippen LogP) is 2.51. The lowest BCUT2D eigenvalue weighted by Gasteiger charge is -2.34. The molecule has 7 nitrogen and oxygen atoms in total. The van der Waals surface area contributed by atoms with Crippen LogP contribution in [0.3, 0.4) is 0 Å². The molecule has 150 valence electrons. The van der Waals surface area contributed by atoms with Gasteiger partial charge in [0.05, 0.1) is 18.7 Å². The van der Waals surface area contributed by atoms with Gasteiger partial charge in [-0.05, 0) is 47.2 Å². The number of aromatic nitrogens is 4. The maximum Gasteiger partial charge on any atom is 0.227 e. The van der Waals surface area contributed by atoms with Crippen LogP contribution in [0.15, 0.2) is 48.5 Å². The van der Waals surface area contributed by atoms with Gasteiger partial charge in [0.1, 0.15) is 0 Å². The summed E-state index contributed by atoms with van der Waals surface area (Å²) in [4.78, 5) is 16.8. The van der Waals surface area contributed by atoms with Crippen LogP contribution in [0.2, 0.25) is 5.02 Å². The van der Waals surface area contributed by atoms with Crippen molar-refractivity contribution in [1.82, 2.24) is 30.0 Å². The molecule has 2 heterocycles. The van der Waals surface area contributed by atoms with Crippen LogP contribution in [-0.4, -0.2) is 62.1 Å². The zero-order valence-corrected chi connectivity index (χ0v) is 17.1. The maximum atomic E-state index is 12.6. The summed E-state index contributed by atoms with van der Waals surface area (Å²) in [5.74, 6) is 0.952. The Bertz CT molecular complexity index is 979. The van der Waals surface area contributed by atoms with Crippen LogP contribution in [0.25, 0.3) is 5.69 Å². The van der Waals surface area contributed by atoms with E-state index in [-0.39, 0.29) is 5.91 Å². The van der Waals surface area contributed by atoms with E-state index >= 15 is 0 Å². The third-order valence-corrected chi connectivity index (χ3v) is 5.39. The largest absolute Gasteiger partial charge is 0.340 e. The van der Waals surface area contributed by atoms with Crippen LogP contribution in [0.5, 0.6) is 0 Å². The van der Waals surface area contributed by atoms with Gasteiger partial charge in [0.25, 0.3) is 0 Å². The third kappa shape index (κ3) is 4.81. The standard InChI is InChI=1S/C21H23ClN6O/c1-16-3-2-4-17(13-16)14-21(29)27-11-9-26(10-12-27)15-20-23-24-25-28(20)19-7-5-18(22)6-8-19/h2-8,13H,9-12,14-15H2,1H3. The van der Waals surface area contributed by atoms with E-state index in [0.29, 0.717) is 31.1 Å². The van der Waals surface area contributed by atoms with E-state index in [1.54, 1.807) is 4.68 Å². The molecule has 0 aliphatic carbocycles. The molecule has 0 atom stereocenters. The Morgan fingerprint density at radius 1 is 1.07 bits per heavy atom. The highest BCUT2D eigenvalue weighted by atomic mass is 35.5. The van der Waals surface area contributed by atoms with Crippen molar-refractivity contribution in [2.75, 3.05) is 26.2 Å². The molecule has 1 saturated heterocycles. The second-order valence-corrected chi connectivity index (χ2v) is 7.74. The topological polar surface area (TPSA) is 67.2 Å². The van der Waals surface area contributed by atoms with Crippen LogP contribution in [-0.2, 0) is 17.8 Å². The van der Waals surface area contributed by atoms with Gasteiger partial charge in [0.2, 0.25) is 5.91 Å². The molecule has 0 spiro atoms. The van der Waals surface area contributed by atoms with Crippen LogP contribution in [0, 0.1) is 6.92 Å². The predicted molar refractivity (Wildman–Crippen MR) is 111 cm³/mol. The summed E-state index contributed by atoms with van der Waals surface area (Å²) in [5.41, 5.74) is 3.12. The lowest BCUT2D eigenvalue weighted by atomic mass is 10.1. The van der Waals surface area contributed by atoms with Gasteiger partial charge < -0.3 is 4.90 Å². The minimum Gasteiger partial charge on any atom is -0.340 e. The first kappa shape index (κ1) is 19.5. The monoisotopic (exact) mass is 410 g/mol. The molecule has 3 aromatic rings. The zero-order chi connectivity index (χ0) is 20.2. The second kappa shape index (κ2) is 8.71. The first-order valence-electron chi connectivity index (χ1n) is 9.67. The van der Waals surface area contributed by atoms with Crippen LogP contribution in [0.4, 0.5) is 0 Å². The molecule has 29 heavy (non-hydrogen) atoms. The van der Waals surface area contributed by atoms with E-state index in [9.17, 15) is 4.79 Å². The van der Waals surface area contributed by atoms with Crippen molar-refractivity contribution >= 4 is 17.5 Å². The summed E-state index contributed by atoms with van der Waals surface area (Å²) >= 11 is 5.97. The molecule has 0 unspecified atom stereocenters. The fraction of sp³-hybridized carbons (Fsp3) is 0.333. The van der Waals surface area contributed by atoms with Gasteiger partial charge >= 0.3 is 0 Å². The third-order valence-electron chi connectivity index (χ3n) is 5.13. The number of hydrogen-bond acceptors (Lipinski definition) is 5. The van der Waals surface area contributed by atoms with Gasteiger partial charge in [-0.15, -0.1) is 5.10 Å². The van der Waals surface area contributed by atoms with Crippen LogP contribution in [0.1, 0.15) is 17.0 Å². The van der Waals surface area contributed by atoms with E-state index < -0.39 is 0 Å². The molecule has 8 heteroatoms. The van der Waals surface area contributed by atoms with Gasteiger partial charge in [-0.1, -0.05) is 41.4 Å². The van der Waals surface area contributed by atoms with Crippen molar-refractivity contribution in [3.63, 3.8) is 0 Å². The number of piperazine rings is 1. The minimum atomic E-state index is 0.182. The zero-order valence-electron chi connectivity index (χ0n) is 16.3. The van der Waals surface area contributed by atoms with Crippen molar-refractivity contribution in [3.8, 4) is 5.69 Å². The Labute approximate surface area is 174 Å². The molecule has 1 amide bonds. The van der Waals surface area contributed by atoms with Crippen molar-refractivity contribution in [2.45, 2.75) is 19.9 Å². The van der Waals surface area contributed by atoms with E-state index in [2.05, 4.69) is 26.5 Å².